The number of hydrogen-bond acceptors (Lipinski definition) is 5. The summed E-state index contributed by atoms with van der Waals surface area (Å²) in [5.74, 6) is 0.898. The largest absolute Gasteiger partial charge is 0.480 e. The molecule has 2 aliphatic heterocycles. The fourth-order valence-corrected chi connectivity index (χ4v) is 2.33. The normalized spacial score (nSPS) is 27.9. The highest BCUT2D eigenvalue weighted by Crippen LogP contribution is 2.36. The first-order valence-corrected chi connectivity index (χ1v) is 7.80. The molecule has 0 amide bonds. The fourth-order valence-electron chi connectivity index (χ4n) is 2.33. The number of nitrogens with one attached hydrogen (secondary N) is 1. The molecule has 6 heteroatoms. The van der Waals surface area contributed by atoms with Crippen molar-refractivity contribution in [1.82, 2.24) is 5.48 Å². The van der Waals surface area contributed by atoms with E-state index in [-0.39, 0.29) is 24.4 Å². The third-order valence-corrected chi connectivity index (χ3v) is 4.69. The van der Waals surface area contributed by atoms with E-state index >= 15 is 0 Å². The van der Waals surface area contributed by atoms with Crippen molar-refractivity contribution in [3.8, 4) is 0 Å². The molecule has 1 saturated heterocycles. The highest BCUT2D eigenvalue weighted by molar-refractivity contribution is 6.45. The van der Waals surface area contributed by atoms with Gasteiger partial charge in [-0.3, -0.25) is 4.99 Å². The summed E-state index contributed by atoms with van der Waals surface area (Å²) in [6, 6.07) is 0.250. The van der Waals surface area contributed by atoms with Crippen molar-refractivity contribution in [1.29, 1.82) is 0 Å². The van der Waals surface area contributed by atoms with Gasteiger partial charge in [0.2, 0.25) is 0 Å². The summed E-state index contributed by atoms with van der Waals surface area (Å²) in [5, 5.41) is 0. The Morgan fingerprint density at radius 2 is 1.86 bits per heavy atom. The van der Waals surface area contributed by atoms with Crippen LogP contribution in [0.25, 0.3) is 0 Å². The van der Waals surface area contributed by atoms with Gasteiger partial charge in [-0.2, -0.15) is 0 Å². The van der Waals surface area contributed by atoms with E-state index in [0.29, 0.717) is 6.44 Å². The quantitative estimate of drug-likeness (QED) is 0.641. The molecule has 122 valence electrons. The number of hydroxylamine groups is 1. The van der Waals surface area contributed by atoms with Crippen molar-refractivity contribution in [2.75, 3.05) is 6.44 Å². The number of nitrogens with zero attached hydrogens (tertiary/aromatic N) is 1. The van der Waals surface area contributed by atoms with E-state index < -0.39 is 0 Å². The van der Waals surface area contributed by atoms with Gasteiger partial charge < -0.3 is 14.1 Å². The van der Waals surface area contributed by atoms with Crippen molar-refractivity contribution in [2.24, 2.45) is 4.99 Å². The zero-order chi connectivity index (χ0) is 16.5. The van der Waals surface area contributed by atoms with Gasteiger partial charge in [0, 0.05) is 6.21 Å². The van der Waals surface area contributed by atoms with E-state index in [0.717, 1.165) is 11.3 Å². The van der Waals surface area contributed by atoms with Crippen LogP contribution in [0.1, 0.15) is 48.5 Å². The Balaban J connectivity index is 1.91. The van der Waals surface area contributed by atoms with Crippen LogP contribution >= 0.6 is 0 Å². The molecule has 0 aliphatic carbocycles. The zero-order valence-electron chi connectivity index (χ0n) is 14.7. The molecule has 0 aromatic carbocycles. The summed E-state index contributed by atoms with van der Waals surface area (Å²) in [4.78, 5) is 9.86. The van der Waals surface area contributed by atoms with Crippen LogP contribution in [-0.4, -0.2) is 37.0 Å². The van der Waals surface area contributed by atoms with Gasteiger partial charge in [0.25, 0.3) is 0 Å². The van der Waals surface area contributed by atoms with Gasteiger partial charge in [-0.25, -0.2) is 0 Å². The van der Waals surface area contributed by atoms with E-state index in [1.54, 1.807) is 6.21 Å². The Bertz CT molecular complexity index is 507. The molecule has 1 N–H and O–H groups in total. The lowest BCUT2D eigenvalue weighted by atomic mass is 9.90. The molecule has 1 fully saturated rings. The summed E-state index contributed by atoms with van der Waals surface area (Å²) in [6.07, 6.45) is 4.22. The third-order valence-electron chi connectivity index (χ3n) is 4.69. The minimum Gasteiger partial charge on any atom is -0.408 e. The topological polar surface area (TPSA) is 52.1 Å². The van der Waals surface area contributed by atoms with E-state index in [4.69, 9.17) is 14.1 Å². The molecule has 0 bridgehead atoms. The minimum atomic E-state index is -0.305. The monoisotopic (exact) mass is 306 g/mol. The van der Waals surface area contributed by atoms with Gasteiger partial charge in [-0.05, 0) is 65.7 Å². The lowest BCUT2D eigenvalue weighted by Crippen LogP contribution is -2.41. The lowest BCUT2D eigenvalue weighted by molar-refractivity contribution is 0.00578. The maximum atomic E-state index is 5.90. The second-order valence-corrected chi connectivity index (χ2v) is 7.00. The molecular weight excluding hydrogens is 279 g/mol. The van der Waals surface area contributed by atoms with Crippen LogP contribution in [-0.2, 0) is 14.1 Å². The summed E-state index contributed by atoms with van der Waals surface area (Å²) < 4.78 is 11.8. The third kappa shape index (κ3) is 3.45. The van der Waals surface area contributed by atoms with Gasteiger partial charge in [-0.15, -0.1) is 5.48 Å². The first-order valence-electron chi connectivity index (χ1n) is 7.80. The van der Waals surface area contributed by atoms with Crippen LogP contribution in [0.4, 0.5) is 0 Å². The Hall–Kier alpha value is -1.11. The number of aliphatic imine (C=N–C) groups is 1. The summed E-state index contributed by atoms with van der Waals surface area (Å²) in [6.45, 7) is 14.3. The molecule has 0 aromatic rings. The van der Waals surface area contributed by atoms with Crippen molar-refractivity contribution in [3.05, 3.63) is 23.0 Å². The van der Waals surface area contributed by atoms with Crippen LogP contribution < -0.4 is 5.48 Å². The highest BCUT2D eigenvalue weighted by atomic mass is 16.7. The number of allylic oxidation sites excluding steroid dienone is 2. The average Bonchev–Trinajstić information content (AvgIpc) is 2.83. The second-order valence-electron chi connectivity index (χ2n) is 7.00. The van der Waals surface area contributed by atoms with Gasteiger partial charge in [0.15, 0.2) is 5.76 Å². The Morgan fingerprint density at radius 3 is 2.36 bits per heavy atom. The maximum absolute atomic E-state index is 5.90. The number of rotatable bonds is 4. The van der Waals surface area contributed by atoms with Gasteiger partial charge in [-0.1, -0.05) is 0 Å². The molecule has 0 saturated carbocycles. The van der Waals surface area contributed by atoms with E-state index in [2.05, 4.69) is 24.3 Å². The lowest BCUT2D eigenvalue weighted by Gasteiger charge is -2.32. The Labute approximate surface area is 133 Å². The standard InChI is InChI=1S/C16H27BN2O3/c1-11(14-12(2)13(3)19-20-14)8-9-18-10-17-21-15(4,5)16(6,7)22-17/h8-9,13,19H,10H2,1-7H3. The molecule has 0 aromatic heterocycles. The van der Waals surface area contributed by atoms with Crippen LogP contribution in [0.15, 0.2) is 28.0 Å². The second kappa shape index (κ2) is 6.18. The summed E-state index contributed by atoms with van der Waals surface area (Å²) in [7, 11) is -0.291. The van der Waals surface area contributed by atoms with Gasteiger partial charge in [0.1, 0.15) is 0 Å². The Morgan fingerprint density at radius 1 is 1.27 bits per heavy atom. The molecule has 5 nitrogen and oxygen atoms in total. The number of hydrogen-bond donors (Lipinski definition) is 1. The molecule has 0 spiro atoms. The van der Waals surface area contributed by atoms with Gasteiger partial charge in [0.05, 0.1) is 23.7 Å². The predicted molar refractivity (Wildman–Crippen MR) is 89.6 cm³/mol. The van der Waals surface area contributed by atoms with Crippen LogP contribution in [0.5, 0.6) is 0 Å². The molecule has 2 rings (SSSR count). The fraction of sp³-hybridized carbons (Fsp3) is 0.688. The molecule has 1 unspecified atom stereocenters. The molecule has 22 heavy (non-hydrogen) atoms. The van der Waals surface area contributed by atoms with Crippen molar-refractivity contribution in [2.45, 2.75) is 65.7 Å². The Kier molecular flexibility index (Phi) is 4.85. The predicted octanol–water partition coefficient (Wildman–Crippen LogP) is 2.83. The minimum absolute atomic E-state index is 0.250. The molecular formula is C16H27BN2O3. The molecule has 2 aliphatic rings. The van der Waals surface area contributed by atoms with Gasteiger partial charge >= 0.3 is 7.12 Å². The molecule has 1 atom stereocenters. The van der Waals surface area contributed by atoms with Crippen molar-refractivity contribution < 1.29 is 14.1 Å². The van der Waals surface area contributed by atoms with Crippen LogP contribution in [0.3, 0.4) is 0 Å². The molecule has 0 radical (unpaired) electrons. The maximum Gasteiger partial charge on any atom is 0.480 e. The first-order chi connectivity index (χ1) is 10.1. The van der Waals surface area contributed by atoms with Crippen LogP contribution in [0, 0.1) is 0 Å². The van der Waals surface area contributed by atoms with E-state index in [1.807, 2.05) is 40.7 Å². The van der Waals surface area contributed by atoms with Crippen LogP contribution in [0.2, 0.25) is 0 Å². The van der Waals surface area contributed by atoms with E-state index in [1.165, 1.54) is 5.57 Å². The van der Waals surface area contributed by atoms with Crippen molar-refractivity contribution >= 4 is 13.3 Å². The van der Waals surface area contributed by atoms with E-state index in [9.17, 15) is 0 Å². The SMILES string of the molecule is CC(=CC=NCB1OC(C)(C)C(C)(C)O1)C1=C(C)C(C)NO1. The smallest absolute Gasteiger partial charge is 0.408 e. The summed E-state index contributed by atoms with van der Waals surface area (Å²) in [5.41, 5.74) is 4.59. The molecule has 2 heterocycles. The highest BCUT2D eigenvalue weighted by Gasteiger charge is 2.50. The summed E-state index contributed by atoms with van der Waals surface area (Å²) >= 11 is 0. The average molecular weight is 306 g/mol. The van der Waals surface area contributed by atoms with Crippen molar-refractivity contribution in [3.63, 3.8) is 0 Å². The zero-order valence-corrected chi connectivity index (χ0v) is 14.7. The first kappa shape index (κ1) is 17.3.